The van der Waals surface area contributed by atoms with Gasteiger partial charge in [-0.15, -0.1) is 6.58 Å². The van der Waals surface area contributed by atoms with E-state index in [1.165, 1.54) is 0 Å². The molecule has 0 saturated carbocycles. The molecule has 1 fully saturated rings. The Balaban J connectivity index is 1.93. The number of aliphatic hydroxyl groups is 1. The van der Waals surface area contributed by atoms with Crippen molar-refractivity contribution in [1.29, 1.82) is 0 Å². The number of allylic oxidation sites excluding steroid dienone is 1. The van der Waals surface area contributed by atoms with Crippen molar-refractivity contribution in [3.8, 4) is 0 Å². The van der Waals surface area contributed by atoms with Crippen molar-refractivity contribution in [3.63, 3.8) is 0 Å². The Morgan fingerprint density at radius 3 is 2.67 bits per heavy atom. The fourth-order valence-electron chi connectivity index (χ4n) is 3.10. The molecule has 0 bridgehead atoms. The highest BCUT2D eigenvalue weighted by Crippen LogP contribution is 2.36. The van der Waals surface area contributed by atoms with E-state index < -0.39 is 17.5 Å². The van der Waals surface area contributed by atoms with Crippen molar-refractivity contribution in [2.24, 2.45) is 0 Å². The molecule has 3 atom stereocenters. The normalized spacial score (nSPS) is 25.3. The standard InChI is InChI=1S/C20H30O4/c1-5-6-10-13-20(4,21)18-17(23-19(2,3)24-18)15-22-14-16-11-8-7-9-12-16/h5,7-9,11-12,17-18,21H,1,6,10,13-15H2,2-4H3/t17-,18+,20+/m1/s1. The number of unbranched alkanes of at least 4 members (excludes halogenated alkanes) is 1. The molecule has 0 radical (unpaired) electrons. The maximum Gasteiger partial charge on any atom is 0.164 e. The van der Waals surface area contributed by atoms with Gasteiger partial charge in [0.05, 0.1) is 18.8 Å². The van der Waals surface area contributed by atoms with Gasteiger partial charge in [-0.05, 0) is 45.6 Å². The van der Waals surface area contributed by atoms with Crippen LogP contribution in [0.15, 0.2) is 43.0 Å². The zero-order valence-electron chi connectivity index (χ0n) is 15.0. The summed E-state index contributed by atoms with van der Waals surface area (Å²) in [6.45, 7) is 10.2. The first-order valence-corrected chi connectivity index (χ1v) is 8.65. The van der Waals surface area contributed by atoms with Gasteiger partial charge in [0.2, 0.25) is 0 Å². The lowest BCUT2D eigenvalue weighted by Gasteiger charge is -2.32. The average molecular weight is 334 g/mol. The van der Waals surface area contributed by atoms with E-state index >= 15 is 0 Å². The van der Waals surface area contributed by atoms with E-state index in [1.807, 2.05) is 57.2 Å². The van der Waals surface area contributed by atoms with Gasteiger partial charge in [-0.3, -0.25) is 0 Å². The van der Waals surface area contributed by atoms with Gasteiger partial charge in [0, 0.05) is 0 Å². The van der Waals surface area contributed by atoms with Crippen LogP contribution in [0.5, 0.6) is 0 Å². The molecular weight excluding hydrogens is 304 g/mol. The second-order valence-corrected chi connectivity index (χ2v) is 7.13. The Morgan fingerprint density at radius 2 is 2.00 bits per heavy atom. The predicted molar refractivity (Wildman–Crippen MR) is 94.6 cm³/mol. The van der Waals surface area contributed by atoms with E-state index in [0.29, 0.717) is 19.6 Å². The Labute approximate surface area is 145 Å². The number of ether oxygens (including phenoxy) is 3. The zero-order chi connectivity index (χ0) is 17.6. The fourth-order valence-corrected chi connectivity index (χ4v) is 3.10. The van der Waals surface area contributed by atoms with E-state index in [9.17, 15) is 5.11 Å². The van der Waals surface area contributed by atoms with Gasteiger partial charge in [-0.25, -0.2) is 0 Å². The second kappa shape index (κ2) is 8.26. The summed E-state index contributed by atoms with van der Waals surface area (Å²) >= 11 is 0. The van der Waals surface area contributed by atoms with Gasteiger partial charge >= 0.3 is 0 Å². The van der Waals surface area contributed by atoms with Crippen LogP contribution in [0.1, 0.15) is 45.6 Å². The largest absolute Gasteiger partial charge is 0.387 e. The quantitative estimate of drug-likeness (QED) is 0.551. The molecule has 0 aliphatic carbocycles. The van der Waals surface area contributed by atoms with Gasteiger partial charge < -0.3 is 19.3 Å². The molecule has 1 aliphatic heterocycles. The van der Waals surface area contributed by atoms with Crippen LogP contribution in [0, 0.1) is 0 Å². The highest BCUT2D eigenvalue weighted by molar-refractivity contribution is 5.13. The summed E-state index contributed by atoms with van der Waals surface area (Å²) in [7, 11) is 0. The summed E-state index contributed by atoms with van der Waals surface area (Å²) in [6.07, 6.45) is 3.55. The van der Waals surface area contributed by atoms with Crippen molar-refractivity contribution >= 4 is 0 Å². The first-order valence-electron chi connectivity index (χ1n) is 8.65. The third kappa shape index (κ3) is 5.42. The Kier molecular flexibility index (Phi) is 6.58. The number of hydrogen-bond donors (Lipinski definition) is 1. The topological polar surface area (TPSA) is 47.9 Å². The van der Waals surface area contributed by atoms with Crippen LogP contribution < -0.4 is 0 Å². The van der Waals surface area contributed by atoms with Crippen LogP contribution in [-0.2, 0) is 20.8 Å². The third-order valence-electron chi connectivity index (χ3n) is 4.28. The van der Waals surface area contributed by atoms with Crippen LogP contribution in [0.25, 0.3) is 0 Å². The number of rotatable bonds is 9. The molecule has 1 aromatic carbocycles. The maximum absolute atomic E-state index is 10.9. The summed E-state index contributed by atoms with van der Waals surface area (Å²) < 4.78 is 17.8. The molecule has 24 heavy (non-hydrogen) atoms. The molecule has 0 unspecified atom stereocenters. The lowest BCUT2D eigenvalue weighted by atomic mass is 9.89. The Hall–Kier alpha value is -1.20. The van der Waals surface area contributed by atoms with Crippen molar-refractivity contribution in [2.45, 2.75) is 70.2 Å². The molecule has 0 aromatic heterocycles. The molecule has 0 spiro atoms. The average Bonchev–Trinajstić information content (AvgIpc) is 2.84. The predicted octanol–water partition coefficient (Wildman–Crippen LogP) is 3.83. The van der Waals surface area contributed by atoms with Crippen LogP contribution in [-0.4, -0.2) is 35.3 Å². The van der Waals surface area contributed by atoms with Crippen molar-refractivity contribution in [2.75, 3.05) is 6.61 Å². The van der Waals surface area contributed by atoms with Gasteiger partial charge in [0.15, 0.2) is 5.79 Å². The SMILES string of the molecule is C=CCCC[C@](C)(O)[C@H]1OC(C)(C)O[C@@H]1COCc1ccccc1. The van der Waals surface area contributed by atoms with E-state index in [4.69, 9.17) is 14.2 Å². The Morgan fingerprint density at radius 1 is 1.29 bits per heavy atom. The molecule has 1 heterocycles. The first-order chi connectivity index (χ1) is 11.3. The second-order valence-electron chi connectivity index (χ2n) is 7.13. The van der Waals surface area contributed by atoms with Gasteiger partial charge in [0.25, 0.3) is 0 Å². The van der Waals surface area contributed by atoms with Crippen LogP contribution in [0.4, 0.5) is 0 Å². The van der Waals surface area contributed by atoms with Crippen molar-refractivity contribution < 1.29 is 19.3 Å². The summed E-state index contributed by atoms with van der Waals surface area (Å²) in [4.78, 5) is 0. The van der Waals surface area contributed by atoms with E-state index in [2.05, 4.69) is 6.58 Å². The van der Waals surface area contributed by atoms with E-state index in [0.717, 1.165) is 18.4 Å². The molecule has 134 valence electrons. The summed E-state index contributed by atoms with van der Waals surface area (Å²) in [5.41, 5.74) is 0.155. The fraction of sp³-hybridized carbons (Fsp3) is 0.600. The number of hydrogen-bond acceptors (Lipinski definition) is 4. The molecule has 0 amide bonds. The molecule has 4 heteroatoms. The van der Waals surface area contributed by atoms with Crippen molar-refractivity contribution in [1.82, 2.24) is 0 Å². The van der Waals surface area contributed by atoms with Crippen LogP contribution >= 0.6 is 0 Å². The van der Waals surface area contributed by atoms with E-state index in [1.54, 1.807) is 0 Å². The van der Waals surface area contributed by atoms with Crippen LogP contribution in [0.3, 0.4) is 0 Å². The summed E-state index contributed by atoms with van der Waals surface area (Å²) in [5.74, 6) is -0.714. The minimum atomic E-state index is -0.961. The highest BCUT2D eigenvalue weighted by atomic mass is 16.8. The maximum atomic E-state index is 10.9. The summed E-state index contributed by atoms with van der Waals surface area (Å²) in [5, 5.41) is 10.9. The lowest BCUT2D eigenvalue weighted by Crippen LogP contribution is -2.47. The molecule has 1 aliphatic rings. The third-order valence-corrected chi connectivity index (χ3v) is 4.28. The number of benzene rings is 1. The molecule has 1 aromatic rings. The minimum absolute atomic E-state index is 0.289. The zero-order valence-corrected chi connectivity index (χ0v) is 15.0. The molecular formula is C20H30O4. The molecule has 1 saturated heterocycles. The highest BCUT2D eigenvalue weighted by Gasteiger charge is 2.49. The molecule has 4 nitrogen and oxygen atoms in total. The molecule has 1 N–H and O–H groups in total. The van der Waals surface area contributed by atoms with Crippen molar-refractivity contribution in [3.05, 3.63) is 48.6 Å². The monoisotopic (exact) mass is 334 g/mol. The molecule has 2 rings (SSSR count). The minimum Gasteiger partial charge on any atom is -0.387 e. The van der Waals surface area contributed by atoms with Crippen LogP contribution in [0.2, 0.25) is 0 Å². The smallest absolute Gasteiger partial charge is 0.164 e. The van der Waals surface area contributed by atoms with Gasteiger partial charge in [-0.1, -0.05) is 36.4 Å². The summed E-state index contributed by atoms with van der Waals surface area (Å²) in [6, 6.07) is 10.0. The Bertz CT molecular complexity index is 510. The van der Waals surface area contributed by atoms with Gasteiger partial charge in [-0.2, -0.15) is 0 Å². The van der Waals surface area contributed by atoms with E-state index in [-0.39, 0.29) is 6.10 Å². The first kappa shape index (κ1) is 19.1. The van der Waals surface area contributed by atoms with Gasteiger partial charge in [0.1, 0.15) is 12.2 Å². The lowest BCUT2D eigenvalue weighted by molar-refractivity contribution is -0.170.